The van der Waals surface area contributed by atoms with Crippen LogP contribution in [0.1, 0.15) is 5.56 Å². The molecular weight excluding hydrogens is 257 g/mol. The van der Waals surface area contributed by atoms with Crippen molar-refractivity contribution in [1.82, 2.24) is 5.32 Å². The van der Waals surface area contributed by atoms with Crippen LogP contribution in [0.4, 0.5) is 4.39 Å². The van der Waals surface area contributed by atoms with E-state index in [0.717, 1.165) is 22.6 Å². The quantitative estimate of drug-likeness (QED) is 0.908. The summed E-state index contributed by atoms with van der Waals surface area (Å²) >= 11 is 0. The van der Waals surface area contributed by atoms with Crippen LogP contribution in [0.2, 0.25) is 0 Å². The lowest BCUT2D eigenvalue weighted by Crippen LogP contribution is -2.07. The van der Waals surface area contributed by atoms with Gasteiger partial charge in [0.05, 0.1) is 14.2 Å². The normalized spacial score (nSPS) is 10.4. The number of halogens is 1. The second kappa shape index (κ2) is 6.39. The Morgan fingerprint density at radius 1 is 1.05 bits per heavy atom. The van der Waals surface area contributed by atoms with Gasteiger partial charge in [0.2, 0.25) is 0 Å². The highest BCUT2D eigenvalue weighted by Crippen LogP contribution is 2.34. The van der Waals surface area contributed by atoms with Gasteiger partial charge in [0.25, 0.3) is 0 Å². The predicted octanol–water partition coefficient (Wildman–Crippen LogP) is 3.23. The van der Waals surface area contributed by atoms with Crippen molar-refractivity contribution < 1.29 is 13.9 Å². The third kappa shape index (κ3) is 2.91. The van der Waals surface area contributed by atoms with Gasteiger partial charge in [-0.2, -0.15) is 0 Å². The molecule has 0 unspecified atom stereocenters. The molecule has 0 heterocycles. The van der Waals surface area contributed by atoms with Crippen molar-refractivity contribution in [1.29, 1.82) is 0 Å². The first-order chi connectivity index (χ1) is 9.69. The van der Waals surface area contributed by atoms with E-state index < -0.39 is 0 Å². The molecule has 0 saturated heterocycles. The van der Waals surface area contributed by atoms with E-state index in [-0.39, 0.29) is 5.82 Å². The molecule has 0 amide bonds. The molecule has 2 aromatic rings. The van der Waals surface area contributed by atoms with Crippen molar-refractivity contribution in [2.45, 2.75) is 6.54 Å². The summed E-state index contributed by atoms with van der Waals surface area (Å²) in [5.74, 6) is 1.25. The molecule has 0 bridgehead atoms. The summed E-state index contributed by atoms with van der Waals surface area (Å²) < 4.78 is 24.3. The third-order valence-electron chi connectivity index (χ3n) is 3.13. The molecule has 0 radical (unpaired) electrons. The summed E-state index contributed by atoms with van der Waals surface area (Å²) in [7, 11) is 5.02. The SMILES string of the molecule is CNCc1cc(-c2cc(OC)ccc2OC)ccc1F. The fourth-order valence-electron chi connectivity index (χ4n) is 2.11. The maximum absolute atomic E-state index is 13.7. The van der Waals surface area contributed by atoms with E-state index in [1.165, 1.54) is 6.07 Å². The summed E-state index contributed by atoms with van der Waals surface area (Å²) in [5.41, 5.74) is 2.39. The molecule has 0 atom stereocenters. The molecule has 0 spiro atoms. The van der Waals surface area contributed by atoms with Gasteiger partial charge < -0.3 is 14.8 Å². The first kappa shape index (κ1) is 14.3. The number of hydrogen-bond acceptors (Lipinski definition) is 3. The highest BCUT2D eigenvalue weighted by molar-refractivity contribution is 5.72. The van der Waals surface area contributed by atoms with Gasteiger partial charge in [-0.1, -0.05) is 6.07 Å². The average molecular weight is 275 g/mol. The summed E-state index contributed by atoms with van der Waals surface area (Å²) in [6.45, 7) is 0.478. The molecular formula is C16H18FNO2. The van der Waals surface area contributed by atoms with Gasteiger partial charge in [0.1, 0.15) is 17.3 Å². The topological polar surface area (TPSA) is 30.5 Å². The summed E-state index contributed by atoms with van der Waals surface area (Å²) in [4.78, 5) is 0. The molecule has 0 aromatic heterocycles. The lowest BCUT2D eigenvalue weighted by molar-refractivity contribution is 0.404. The Labute approximate surface area is 118 Å². The van der Waals surface area contributed by atoms with E-state index in [9.17, 15) is 4.39 Å². The summed E-state index contributed by atoms with van der Waals surface area (Å²) in [5, 5.41) is 2.96. The standard InChI is InChI=1S/C16H18FNO2/c1-18-10-12-8-11(4-6-15(12)17)14-9-13(19-2)5-7-16(14)20-3/h4-9,18H,10H2,1-3H3. The second-order valence-corrected chi connectivity index (χ2v) is 4.40. The predicted molar refractivity (Wildman–Crippen MR) is 77.7 cm³/mol. The molecule has 3 nitrogen and oxygen atoms in total. The van der Waals surface area contributed by atoms with Crippen molar-refractivity contribution in [2.24, 2.45) is 0 Å². The number of hydrogen-bond donors (Lipinski definition) is 1. The zero-order valence-electron chi connectivity index (χ0n) is 11.9. The molecule has 0 aliphatic heterocycles. The second-order valence-electron chi connectivity index (χ2n) is 4.40. The van der Waals surface area contributed by atoms with Crippen LogP contribution in [0.3, 0.4) is 0 Å². The molecule has 0 aliphatic carbocycles. The minimum atomic E-state index is -0.218. The van der Waals surface area contributed by atoms with Crippen LogP contribution in [0, 0.1) is 5.82 Å². The maximum atomic E-state index is 13.7. The molecule has 4 heteroatoms. The third-order valence-corrected chi connectivity index (χ3v) is 3.13. The van der Waals surface area contributed by atoms with E-state index in [0.29, 0.717) is 12.1 Å². The number of ether oxygens (including phenoxy) is 2. The minimum absolute atomic E-state index is 0.218. The Balaban J connectivity index is 2.52. The zero-order valence-corrected chi connectivity index (χ0v) is 11.9. The van der Waals surface area contributed by atoms with Gasteiger partial charge >= 0.3 is 0 Å². The van der Waals surface area contributed by atoms with Gasteiger partial charge in [-0.25, -0.2) is 4.39 Å². The van der Waals surface area contributed by atoms with Crippen LogP contribution >= 0.6 is 0 Å². The van der Waals surface area contributed by atoms with Crippen LogP contribution < -0.4 is 14.8 Å². The van der Waals surface area contributed by atoms with E-state index >= 15 is 0 Å². The van der Waals surface area contributed by atoms with E-state index in [2.05, 4.69) is 5.32 Å². The fraction of sp³-hybridized carbons (Fsp3) is 0.250. The van der Waals surface area contributed by atoms with Crippen LogP contribution in [0.15, 0.2) is 36.4 Å². The van der Waals surface area contributed by atoms with Crippen LogP contribution in [-0.4, -0.2) is 21.3 Å². The first-order valence-corrected chi connectivity index (χ1v) is 6.35. The zero-order chi connectivity index (χ0) is 14.5. The largest absolute Gasteiger partial charge is 0.497 e. The lowest BCUT2D eigenvalue weighted by Gasteiger charge is -2.12. The molecule has 0 saturated carbocycles. The van der Waals surface area contributed by atoms with Crippen molar-refractivity contribution in [3.8, 4) is 22.6 Å². The van der Waals surface area contributed by atoms with E-state index in [4.69, 9.17) is 9.47 Å². The van der Waals surface area contributed by atoms with Crippen LogP contribution in [-0.2, 0) is 6.54 Å². The molecule has 20 heavy (non-hydrogen) atoms. The van der Waals surface area contributed by atoms with Crippen molar-refractivity contribution in [2.75, 3.05) is 21.3 Å². The molecule has 1 N–H and O–H groups in total. The Kier molecular flexibility index (Phi) is 4.58. The van der Waals surface area contributed by atoms with E-state index in [1.54, 1.807) is 27.3 Å². The van der Waals surface area contributed by atoms with Gasteiger partial charge in [0, 0.05) is 17.7 Å². The summed E-state index contributed by atoms with van der Waals surface area (Å²) in [6, 6.07) is 10.6. The Morgan fingerprint density at radius 3 is 2.50 bits per heavy atom. The van der Waals surface area contributed by atoms with Crippen molar-refractivity contribution in [3.05, 3.63) is 47.8 Å². The van der Waals surface area contributed by atoms with Gasteiger partial charge in [-0.05, 0) is 42.9 Å². The lowest BCUT2D eigenvalue weighted by atomic mass is 10.0. The number of rotatable bonds is 5. The Bertz CT molecular complexity index is 599. The number of nitrogens with one attached hydrogen (secondary N) is 1. The Hall–Kier alpha value is -2.07. The highest BCUT2D eigenvalue weighted by atomic mass is 19.1. The number of benzene rings is 2. The van der Waals surface area contributed by atoms with Gasteiger partial charge in [-0.3, -0.25) is 0 Å². The van der Waals surface area contributed by atoms with Gasteiger partial charge in [-0.15, -0.1) is 0 Å². The monoisotopic (exact) mass is 275 g/mol. The smallest absolute Gasteiger partial charge is 0.127 e. The minimum Gasteiger partial charge on any atom is -0.497 e. The van der Waals surface area contributed by atoms with Crippen molar-refractivity contribution >= 4 is 0 Å². The fourth-order valence-corrected chi connectivity index (χ4v) is 2.11. The number of methoxy groups -OCH3 is 2. The maximum Gasteiger partial charge on any atom is 0.127 e. The Morgan fingerprint density at radius 2 is 1.85 bits per heavy atom. The highest BCUT2D eigenvalue weighted by Gasteiger charge is 2.10. The molecule has 0 aliphatic rings. The summed E-state index contributed by atoms with van der Waals surface area (Å²) in [6.07, 6.45) is 0. The first-order valence-electron chi connectivity index (χ1n) is 6.35. The van der Waals surface area contributed by atoms with Crippen molar-refractivity contribution in [3.63, 3.8) is 0 Å². The van der Waals surface area contributed by atoms with Crippen LogP contribution in [0.5, 0.6) is 11.5 Å². The molecule has 0 fully saturated rings. The average Bonchev–Trinajstić information content (AvgIpc) is 2.49. The van der Waals surface area contributed by atoms with Crippen LogP contribution in [0.25, 0.3) is 11.1 Å². The van der Waals surface area contributed by atoms with Gasteiger partial charge in [0.15, 0.2) is 0 Å². The van der Waals surface area contributed by atoms with E-state index in [1.807, 2.05) is 24.3 Å². The molecule has 2 rings (SSSR count). The molecule has 106 valence electrons. The molecule has 2 aromatic carbocycles.